The molecule has 2 aromatic heterocycles. The highest BCUT2D eigenvalue weighted by molar-refractivity contribution is 7.99. The van der Waals surface area contributed by atoms with Gasteiger partial charge in [-0.2, -0.15) is 5.10 Å². The number of benzene rings is 2. The highest BCUT2D eigenvalue weighted by atomic mass is 32.2. The lowest BCUT2D eigenvalue weighted by Crippen LogP contribution is -2.31. The van der Waals surface area contributed by atoms with Crippen LogP contribution in [0.4, 0.5) is 0 Å². The lowest BCUT2D eigenvalue weighted by atomic mass is 10.1. The standard InChI is InChI=1S/C24H23N5O2S/c1-16-6-5-9-18(12-16)29-22-20(14-26-29)23(31)28-19(15-32-24(28)27-22)13-21(30)25-11-10-17-7-3-2-4-8-17/h2-9,12,14,19H,10-11,13,15H2,1H3,(H,25,30). The molecule has 7 nitrogen and oxygen atoms in total. The third-order valence-electron chi connectivity index (χ3n) is 5.62. The Morgan fingerprint density at radius 2 is 2.03 bits per heavy atom. The molecule has 3 heterocycles. The van der Waals surface area contributed by atoms with Crippen LogP contribution in [0.25, 0.3) is 16.7 Å². The van der Waals surface area contributed by atoms with E-state index < -0.39 is 0 Å². The molecule has 5 rings (SSSR count). The number of carbonyl (C=O) groups is 1. The summed E-state index contributed by atoms with van der Waals surface area (Å²) in [6.45, 7) is 2.59. The van der Waals surface area contributed by atoms with Crippen molar-refractivity contribution in [2.24, 2.45) is 0 Å². The van der Waals surface area contributed by atoms with Crippen LogP contribution >= 0.6 is 11.8 Å². The highest BCUT2D eigenvalue weighted by Crippen LogP contribution is 2.33. The van der Waals surface area contributed by atoms with Gasteiger partial charge in [0, 0.05) is 18.7 Å². The molecular weight excluding hydrogens is 422 g/mol. The summed E-state index contributed by atoms with van der Waals surface area (Å²) in [6.07, 6.45) is 2.61. The topological polar surface area (TPSA) is 81.8 Å². The number of carbonyl (C=O) groups excluding carboxylic acids is 1. The Bertz CT molecular complexity index is 1350. The molecule has 1 amide bonds. The number of aromatic nitrogens is 4. The van der Waals surface area contributed by atoms with Crippen LogP contribution in [0.1, 0.15) is 23.6 Å². The summed E-state index contributed by atoms with van der Waals surface area (Å²) in [7, 11) is 0. The van der Waals surface area contributed by atoms with Gasteiger partial charge in [0.2, 0.25) is 5.91 Å². The number of hydrogen-bond donors (Lipinski definition) is 1. The Balaban J connectivity index is 1.34. The van der Waals surface area contributed by atoms with Crippen molar-refractivity contribution in [3.05, 3.63) is 82.3 Å². The minimum absolute atomic E-state index is 0.0539. The second-order valence-electron chi connectivity index (χ2n) is 7.96. The maximum absolute atomic E-state index is 13.2. The molecule has 1 aliphatic rings. The molecule has 1 atom stereocenters. The van der Waals surface area contributed by atoms with Gasteiger partial charge in [0.15, 0.2) is 10.8 Å². The van der Waals surface area contributed by atoms with Gasteiger partial charge in [-0.15, -0.1) is 0 Å². The summed E-state index contributed by atoms with van der Waals surface area (Å²) in [5, 5.41) is 8.49. The van der Waals surface area contributed by atoms with E-state index in [1.165, 1.54) is 17.3 Å². The normalized spacial score (nSPS) is 15.1. The number of amides is 1. The molecule has 2 aromatic carbocycles. The highest BCUT2D eigenvalue weighted by Gasteiger charge is 2.29. The van der Waals surface area contributed by atoms with Crippen molar-refractivity contribution in [2.45, 2.75) is 31.0 Å². The third kappa shape index (κ3) is 3.93. The number of hydrogen-bond acceptors (Lipinski definition) is 5. The van der Waals surface area contributed by atoms with Crippen molar-refractivity contribution in [3.63, 3.8) is 0 Å². The summed E-state index contributed by atoms with van der Waals surface area (Å²) < 4.78 is 3.36. The van der Waals surface area contributed by atoms with E-state index in [1.807, 2.05) is 61.5 Å². The zero-order valence-electron chi connectivity index (χ0n) is 17.7. The van der Waals surface area contributed by atoms with E-state index in [9.17, 15) is 9.59 Å². The lowest BCUT2D eigenvalue weighted by molar-refractivity contribution is -0.121. The first-order valence-electron chi connectivity index (χ1n) is 10.6. The monoisotopic (exact) mass is 445 g/mol. The maximum Gasteiger partial charge on any atom is 0.265 e. The molecule has 1 aliphatic heterocycles. The Kier molecular flexibility index (Phi) is 5.53. The van der Waals surface area contributed by atoms with Crippen LogP contribution in [0.3, 0.4) is 0 Å². The van der Waals surface area contributed by atoms with E-state index >= 15 is 0 Å². The number of fused-ring (bicyclic) bond motifs is 2. The van der Waals surface area contributed by atoms with Gasteiger partial charge in [0.25, 0.3) is 5.56 Å². The molecule has 32 heavy (non-hydrogen) atoms. The summed E-state index contributed by atoms with van der Waals surface area (Å²) in [4.78, 5) is 30.5. The van der Waals surface area contributed by atoms with Crippen LogP contribution in [0.15, 0.2) is 70.7 Å². The van der Waals surface area contributed by atoms with E-state index in [0.717, 1.165) is 17.7 Å². The zero-order valence-corrected chi connectivity index (χ0v) is 18.5. The summed E-state index contributed by atoms with van der Waals surface area (Å²) in [6, 6.07) is 17.8. The number of rotatable bonds is 6. The van der Waals surface area contributed by atoms with Gasteiger partial charge < -0.3 is 5.32 Å². The average Bonchev–Trinajstić information content (AvgIpc) is 3.39. The van der Waals surface area contributed by atoms with Crippen molar-refractivity contribution >= 4 is 28.7 Å². The van der Waals surface area contributed by atoms with E-state index in [-0.39, 0.29) is 23.9 Å². The Hall–Kier alpha value is -3.39. The smallest absolute Gasteiger partial charge is 0.265 e. The molecular formula is C24H23N5O2S. The van der Waals surface area contributed by atoms with Crippen molar-refractivity contribution in [1.82, 2.24) is 24.6 Å². The van der Waals surface area contributed by atoms with Crippen molar-refractivity contribution < 1.29 is 4.79 Å². The van der Waals surface area contributed by atoms with Crippen LogP contribution in [0, 0.1) is 6.92 Å². The van der Waals surface area contributed by atoms with Gasteiger partial charge in [-0.05, 0) is 36.6 Å². The van der Waals surface area contributed by atoms with E-state index in [2.05, 4.69) is 10.4 Å². The summed E-state index contributed by atoms with van der Waals surface area (Å²) in [5.41, 5.74) is 3.57. The predicted octanol–water partition coefficient (Wildman–Crippen LogP) is 3.29. The number of nitrogens with one attached hydrogen (secondary N) is 1. The molecule has 1 N–H and O–H groups in total. The Morgan fingerprint density at radius 3 is 2.84 bits per heavy atom. The molecule has 162 valence electrons. The number of nitrogens with zero attached hydrogens (tertiary/aromatic N) is 4. The maximum atomic E-state index is 13.2. The SMILES string of the molecule is Cc1cccc(-n2ncc3c(=O)n4c(nc32)SCC4CC(=O)NCCc2ccccc2)c1. The van der Waals surface area contributed by atoms with Crippen LogP contribution in [-0.2, 0) is 11.2 Å². The van der Waals surface area contributed by atoms with Gasteiger partial charge in [-0.1, -0.05) is 54.2 Å². The molecule has 0 radical (unpaired) electrons. The molecule has 0 saturated carbocycles. The predicted molar refractivity (Wildman–Crippen MR) is 125 cm³/mol. The van der Waals surface area contributed by atoms with Crippen LogP contribution in [0.5, 0.6) is 0 Å². The Morgan fingerprint density at radius 1 is 1.19 bits per heavy atom. The summed E-state index contributed by atoms with van der Waals surface area (Å²) in [5.74, 6) is 0.598. The number of thioether (sulfide) groups is 1. The Labute approximate surface area is 189 Å². The molecule has 0 spiro atoms. The molecule has 1 unspecified atom stereocenters. The lowest BCUT2D eigenvalue weighted by Gasteiger charge is -2.13. The third-order valence-corrected chi connectivity index (χ3v) is 6.71. The minimum atomic E-state index is -0.210. The van der Waals surface area contributed by atoms with Gasteiger partial charge in [0.1, 0.15) is 5.39 Å². The average molecular weight is 446 g/mol. The first-order chi connectivity index (χ1) is 15.6. The van der Waals surface area contributed by atoms with Gasteiger partial charge in [-0.25, -0.2) is 9.67 Å². The fraction of sp³-hybridized carbons (Fsp3) is 0.250. The second kappa shape index (κ2) is 8.63. The minimum Gasteiger partial charge on any atom is -0.356 e. The first kappa shape index (κ1) is 20.5. The molecule has 0 saturated heterocycles. The van der Waals surface area contributed by atoms with E-state index in [0.29, 0.717) is 28.5 Å². The van der Waals surface area contributed by atoms with Crippen LogP contribution < -0.4 is 10.9 Å². The largest absolute Gasteiger partial charge is 0.356 e. The van der Waals surface area contributed by atoms with Gasteiger partial charge >= 0.3 is 0 Å². The molecule has 0 fully saturated rings. The van der Waals surface area contributed by atoms with E-state index in [4.69, 9.17) is 4.98 Å². The van der Waals surface area contributed by atoms with Crippen LogP contribution in [-0.4, -0.2) is 37.5 Å². The molecule has 4 aromatic rings. The second-order valence-corrected chi connectivity index (χ2v) is 8.94. The fourth-order valence-corrected chi connectivity index (χ4v) is 5.14. The molecule has 8 heteroatoms. The van der Waals surface area contributed by atoms with Gasteiger partial charge in [-0.3, -0.25) is 14.2 Å². The fourth-order valence-electron chi connectivity index (χ4n) is 4.01. The zero-order chi connectivity index (χ0) is 22.1. The first-order valence-corrected chi connectivity index (χ1v) is 11.6. The number of aryl methyl sites for hydroxylation is 1. The van der Waals surface area contributed by atoms with E-state index in [1.54, 1.807) is 15.4 Å². The van der Waals surface area contributed by atoms with Crippen molar-refractivity contribution in [3.8, 4) is 5.69 Å². The van der Waals surface area contributed by atoms with Crippen molar-refractivity contribution in [2.75, 3.05) is 12.3 Å². The summed E-state index contributed by atoms with van der Waals surface area (Å²) >= 11 is 1.51. The quantitative estimate of drug-likeness (QED) is 0.461. The van der Waals surface area contributed by atoms with Crippen LogP contribution in [0.2, 0.25) is 0 Å². The molecule has 0 bridgehead atoms. The molecule has 0 aliphatic carbocycles. The van der Waals surface area contributed by atoms with Crippen molar-refractivity contribution in [1.29, 1.82) is 0 Å². The van der Waals surface area contributed by atoms with Gasteiger partial charge in [0.05, 0.1) is 17.9 Å².